The van der Waals surface area contributed by atoms with Crippen molar-refractivity contribution in [3.05, 3.63) is 28.8 Å². The Bertz CT molecular complexity index is 366. The third-order valence-electron chi connectivity index (χ3n) is 2.25. The van der Waals surface area contributed by atoms with E-state index < -0.39 is 0 Å². The molecule has 0 aromatic heterocycles. The molecule has 1 aromatic rings. The number of nitrogens with one attached hydrogen (secondary N) is 1. The Morgan fingerprint density at radius 3 is 2.87 bits per heavy atom. The van der Waals surface area contributed by atoms with Gasteiger partial charge in [-0.05, 0) is 31.5 Å². The number of nitrogens with two attached hydrogens (primary N) is 1. The van der Waals surface area contributed by atoms with E-state index in [0.29, 0.717) is 16.3 Å². The third kappa shape index (κ3) is 3.13. The fraction of sp³-hybridized carbons (Fsp3) is 0.364. The molecule has 0 heterocycles. The molecule has 0 radical (unpaired) electrons. The number of carbonyl (C=O) groups excluding carboxylic acids is 1. The normalized spacial score (nSPS) is 12.2. The minimum Gasteiger partial charge on any atom is -0.398 e. The quantitative estimate of drug-likeness (QED) is 0.778. The standard InChI is InChI=1S/C11H15ClN2O/c1-3-7(2)14-11(15)9-6-8(12)4-5-10(9)13/h4-7H,3,13H2,1-2H3,(H,14,15)/t7-/m1/s1. The number of carbonyl (C=O) groups is 1. The summed E-state index contributed by atoms with van der Waals surface area (Å²) in [6.45, 7) is 3.95. The van der Waals surface area contributed by atoms with Gasteiger partial charge in [-0.15, -0.1) is 0 Å². The molecule has 15 heavy (non-hydrogen) atoms. The van der Waals surface area contributed by atoms with Crippen molar-refractivity contribution in [2.75, 3.05) is 5.73 Å². The molecule has 0 aliphatic heterocycles. The fourth-order valence-electron chi connectivity index (χ4n) is 1.13. The van der Waals surface area contributed by atoms with Gasteiger partial charge in [0, 0.05) is 16.8 Å². The van der Waals surface area contributed by atoms with Crippen LogP contribution in [-0.2, 0) is 0 Å². The van der Waals surface area contributed by atoms with Crippen molar-refractivity contribution in [2.45, 2.75) is 26.3 Å². The summed E-state index contributed by atoms with van der Waals surface area (Å²) in [4.78, 5) is 11.7. The van der Waals surface area contributed by atoms with E-state index in [0.717, 1.165) is 6.42 Å². The van der Waals surface area contributed by atoms with Crippen LogP contribution in [0.3, 0.4) is 0 Å². The van der Waals surface area contributed by atoms with Crippen LogP contribution in [0.25, 0.3) is 0 Å². The van der Waals surface area contributed by atoms with E-state index in [1.807, 2.05) is 13.8 Å². The van der Waals surface area contributed by atoms with E-state index >= 15 is 0 Å². The number of nitrogen functional groups attached to an aromatic ring is 1. The van der Waals surface area contributed by atoms with Crippen LogP contribution in [0.5, 0.6) is 0 Å². The molecule has 1 rings (SSSR count). The summed E-state index contributed by atoms with van der Waals surface area (Å²) in [5, 5.41) is 3.35. The third-order valence-corrected chi connectivity index (χ3v) is 2.48. The van der Waals surface area contributed by atoms with E-state index in [4.69, 9.17) is 17.3 Å². The van der Waals surface area contributed by atoms with E-state index in [1.54, 1.807) is 18.2 Å². The predicted molar refractivity (Wildman–Crippen MR) is 63.1 cm³/mol. The zero-order chi connectivity index (χ0) is 11.4. The SMILES string of the molecule is CC[C@@H](C)NC(=O)c1cc(Cl)ccc1N. The molecule has 1 aromatic carbocycles. The van der Waals surface area contributed by atoms with Crippen molar-refractivity contribution in [3.8, 4) is 0 Å². The molecule has 0 unspecified atom stereocenters. The van der Waals surface area contributed by atoms with E-state index in [2.05, 4.69) is 5.32 Å². The molecule has 0 bridgehead atoms. The topological polar surface area (TPSA) is 55.1 Å². The molecule has 0 aliphatic carbocycles. The Hall–Kier alpha value is -1.22. The summed E-state index contributed by atoms with van der Waals surface area (Å²) in [7, 11) is 0. The summed E-state index contributed by atoms with van der Waals surface area (Å²) in [6.07, 6.45) is 0.881. The van der Waals surface area contributed by atoms with Crippen LogP contribution in [0.4, 0.5) is 5.69 Å². The van der Waals surface area contributed by atoms with E-state index in [-0.39, 0.29) is 11.9 Å². The molecule has 0 saturated heterocycles. The minimum absolute atomic E-state index is 0.135. The highest BCUT2D eigenvalue weighted by Gasteiger charge is 2.11. The molecule has 82 valence electrons. The van der Waals surface area contributed by atoms with Gasteiger partial charge < -0.3 is 11.1 Å². The van der Waals surface area contributed by atoms with E-state index in [9.17, 15) is 4.79 Å². The molecule has 4 heteroatoms. The number of halogens is 1. The van der Waals surface area contributed by atoms with Gasteiger partial charge in [-0.2, -0.15) is 0 Å². The first-order chi connectivity index (χ1) is 7.04. The first kappa shape index (κ1) is 11.9. The molecule has 1 amide bonds. The van der Waals surface area contributed by atoms with Gasteiger partial charge in [0.25, 0.3) is 5.91 Å². The first-order valence-corrected chi connectivity index (χ1v) is 5.28. The maximum absolute atomic E-state index is 11.7. The lowest BCUT2D eigenvalue weighted by molar-refractivity contribution is 0.0940. The summed E-state index contributed by atoms with van der Waals surface area (Å²) in [6, 6.07) is 5.01. The van der Waals surface area contributed by atoms with Gasteiger partial charge in [-0.1, -0.05) is 18.5 Å². The maximum Gasteiger partial charge on any atom is 0.253 e. The van der Waals surface area contributed by atoms with Crippen LogP contribution in [0.1, 0.15) is 30.6 Å². The van der Waals surface area contributed by atoms with Crippen molar-refractivity contribution < 1.29 is 4.79 Å². The van der Waals surface area contributed by atoms with Gasteiger partial charge in [0.15, 0.2) is 0 Å². The number of amides is 1. The lowest BCUT2D eigenvalue weighted by Crippen LogP contribution is -2.32. The monoisotopic (exact) mass is 226 g/mol. The van der Waals surface area contributed by atoms with Crippen molar-refractivity contribution in [1.29, 1.82) is 0 Å². The highest BCUT2D eigenvalue weighted by molar-refractivity contribution is 6.31. The number of hydrogen-bond donors (Lipinski definition) is 2. The molecule has 0 saturated carbocycles. The second-order valence-electron chi connectivity index (χ2n) is 3.51. The van der Waals surface area contributed by atoms with Crippen LogP contribution in [0.15, 0.2) is 18.2 Å². The summed E-state index contributed by atoms with van der Waals surface area (Å²) in [5.41, 5.74) is 6.57. The highest BCUT2D eigenvalue weighted by atomic mass is 35.5. The molecule has 0 aliphatic rings. The lowest BCUT2D eigenvalue weighted by Gasteiger charge is -2.12. The van der Waals surface area contributed by atoms with Crippen LogP contribution >= 0.6 is 11.6 Å². The Labute approximate surface area is 94.6 Å². The molecule has 1 atom stereocenters. The summed E-state index contributed by atoms with van der Waals surface area (Å²) < 4.78 is 0. The minimum atomic E-state index is -0.177. The van der Waals surface area contributed by atoms with Crippen molar-refractivity contribution in [2.24, 2.45) is 0 Å². The van der Waals surface area contributed by atoms with Gasteiger partial charge in [0.05, 0.1) is 5.56 Å². The Kier molecular flexibility index (Phi) is 3.97. The van der Waals surface area contributed by atoms with Crippen molar-refractivity contribution in [3.63, 3.8) is 0 Å². The van der Waals surface area contributed by atoms with Gasteiger partial charge in [0.2, 0.25) is 0 Å². The molecular formula is C11H15ClN2O. The Morgan fingerprint density at radius 2 is 2.27 bits per heavy atom. The van der Waals surface area contributed by atoms with Crippen LogP contribution in [0.2, 0.25) is 5.02 Å². The summed E-state index contributed by atoms with van der Waals surface area (Å²) in [5.74, 6) is -0.177. The highest BCUT2D eigenvalue weighted by Crippen LogP contribution is 2.17. The second kappa shape index (κ2) is 5.03. The average molecular weight is 227 g/mol. The van der Waals surface area contributed by atoms with Crippen LogP contribution in [-0.4, -0.2) is 11.9 Å². The van der Waals surface area contributed by atoms with Crippen molar-refractivity contribution >= 4 is 23.2 Å². The van der Waals surface area contributed by atoms with Gasteiger partial charge in [-0.25, -0.2) is 0 Å². The molecule has 0 fully saturated rings. The maximum atomic E-state index is 11.7. The average Bonchev–Trinajstić information content (AvgIpc) is 2.21. The number of anilines is 1. The lowest BCUT2D eigenvalue weighted by atomic mass is 10.1. The number of rotatable bonds is 3. The molecular weight excluding hydrogens is 212 g/mol. The Balaban J connectivity index is 2.86. The van der Waals surface area contributed by atoms with Gasteiger partial charge in [0.1, 0.15) is 0 Å². The Morgan fingerprint density at radius 1 is 1.60 bits per heavy atom. The van der Waals surface area contributed by atoms with E-state index in [1.165, 1.54) is 0 Å². The second-order valence-corrected chi connectivity index (χ2v) is 3.95. The zero-order valence-electron chi connectivity index (χ0n) is 8.88. The molecule has 3 nitrogen and oxygen atoms in total. The van der Waals surface area contributed by atoms with Crippen LogP contribution in [0, 0.1) is 0 Å². The van der Waals surface area contributed by atoms with Crippen molar-refractivity contribution in [1.82, 2.24) is 5.32 Å². The smallest absolute Gasteiger partial charge is 0.253 e. The zero-order valence-corrected chi connectivity index (χ0v) is 9.64. The number of benzene rings is 1. The molecule has 0 spiro atoms. The predicted octanol–water partition coefficient (Wildman–Crippen LogP) is 2.45. The van der Waals surface area contributed by atoms with Gasteiger partial charge >= 0.3 is 0 Å². The first-order valence-electron chi connectivity index (χ1n) is 4.90. The van der Waals surface area contributed by atoms with Gasteiger partial charge in [-0.3, -0.25) is 4.79 Å². The van der Waals surface area contributed by atoms with Crippen LogP contribution < -0.4 is 11.1 Å². The molecule has 3 N–H and O–H groups in total. The summed E-state index contributed by atoms with van der Waals surface area (Å²) >= 11 is 5.80. The fourth-order valence-corrected chi connectivity index (χ4v) is 1.30. The number of hydrogen-bond acceptors (Lipinski definition) is 2. The largest absolute Gasteiger partial charge is 0.398 e.